The fraction of sp³-hybridized carbons (Fsp3) is 0.429. The number of aryl methyl sites for hydroxylation is 3. The fourth-order valence-corrected chi connectivity index (χ4v) is 3.97. The average Bonchev–Trinajstić information content (AvgIpc) is 3.23. The molecule has 0 radical (unpaired) electrons. The number of furan rings is 1. The van der Waals surface area contributed by atoms with Crippen LogP contribution in [0.5, 0.6) is 0 Å². The van der Waals surface area contributed by atoms with E-state index in [4.69, 9.17) is 4.42 Å². The number of rotatable bonds is 4. The van der Waals surface area contributed by atoms with Gasteiger partial charge in [-0.1, -0.05) is 0 Å². The van der Waals surface area contributed by atoms with Crippen LogP contribution in [0.4, 0.5) is 0 Å². The molecule has 0 spiro atoms. The highest BCUT2D eigenvalue weighted by molar-refractivity contribution is 5.98. The molecule has 26 heavy (non-hydrogen) atoms. The van der Waals surface area contributed by atoms with Gasteiger partial charge < -0.3 is 13.9 Å². The highest BCUT2D eigenvalue weighted by atomic mass is 16.3. The summed E-state index contributed by atoms with van der Waals surface area (Å²) in [7, 11) is 0. The van der Waals surface area contributed by atoms with Crippen molar-refractivity contribution in [2.24, 2.45) is 0 Å². The van der Waals surface area contributed by atoms with E-state index < -0.39 is 0 Å². The number of benzene rings is 1. The Bertz CT molecular complexity index is 924. The maximum Gasteiger partial charge on any atom is 0.254 e. The highest BCUT2D eigenvalue weighted by Crippen LogP contribution is 2.25. The van der Waals surface area contributed by atoms with Crippen LogP contribution in [-0.4, -0.2) is 32.9 Å². The third kappa shape index (κ3) is 3.26. The lowest BCUT2D eigenvalue weighted by molar-refractivity contribution is 0.0595. The molecular weight excluding hydrogens is 326 g/mol. The van der Waals surface area contributed by atoms with E-state index in [2.05, 4.69) is 14.5 Å². The summed E-state index contributed by atoms with van der Waals surface area (Å²) < 4.78 is 7.79. The van der Waals surface area contributed by atoms with Crippen molar-refractivity contribution >= 4 is 16.9 Å². The Labute approximate surface area is 153 Å². The lowest BCUT2D eigenvalue weighted by Crippen LogP contribution is -2.44. The standard InChI is InChI=1S/C21H25N3O2/c1-15-13-18-14-17(6-7-20(18)26-15)21(25)24-10-4-3-5-19(24)8-11-23-12-9-22-16(23)2/h6-7,9,12-14,19H,3-5,8,10-11H2,1-2H3/t19-/m0/s1. The van der Waals surface area contributed by atoms with Crippen LogP contribution in [0.25, 0.3) is 11.0 Å². The summed E-state index contributed by atoms with van der Waals surface area (Å²) in [5.41, 5.74) is 1.59. The molecule has 1 aliphatic heterocycles. The van der Waals surface area contributed by atoms with E-state index in [1.54, 1.807) is 0 Å². The summed E-state index contributed by atoms with van der Waals surface area (Å²) in [5, 5.41) is 0.996. The number of carbonyl (C=O) groups excluding carboxylic acids is 1. The van der Waals surface area contributed by atoms with Crippen LogP contribution >= 0.6 is 0 Å². The Morgan fingerprint density at radius 1 is 1.27 bits per heavy atom. The molecular formula is C21H25N3O2. The minimum Gasteiger partial charge on any atom is -0.461 e. The van der Waals surface area contributed by atoms with Crippen molar-refractivity contribution in [2.75, 3.05) is 6.54 Å². The minimum absolute atomic E-state index is 0.137. The Hall–Kier alpha value is -2.56. The van der Waals surface area contributed by atoms with Crippen LogP contribution in [0, 0.1) is 13.8 Å². The number of aromatic nitrogens is 2. The Morgan fingerprint density at radius 2 is 2.15 bits per heavy atom. The summed E-state index contributed by atoms with van der Waals surface area (Å²) in [6.07, 6.45) is 8.17. The third-order valence-corrected chi connectivity index (χ3v) is 5.40. The van der Waals surface area contributed by atoms with Crippen molar-refractivity contribution in [1.29, 1.82) is 0 Å². The first-order valence-corrected chi connectivity index (χ1v) is 9.41. The van der Waals surface area contributed by atoms with E-state index in [-0.39, 0.29) is 5.91 Å². The van der Waals surface area contributed by atoms with Crippen LogP contribution in [0.3, 0.4) is 0 Å². The van der Waals surface area contributed by atoms with Crippen molar-refractivity contribution < 1.29 is 9.21 Å². The molecule has 0 N–H and O–H groups in total. The number of likely N-dealkylation sites (tertiary alicyclic amines) is 1. The number of hydrogen-bond acceptors (Lipinski definition) is 3. The van der Waals surface area contributed by atoms with Crippen molar-refractivity contribution in [3.05, 3.63) is 53.8 Å². The van der Waals surface area contributed by atoms with Gasteiger partial charge in [-0.05, 0) is 63.8 Å². The summed E-state index contributed by atoms with van der Waals surface area (Å²) in [6.45, 7) is 5.70. The van der Waals surface area contributed by atoms with Gasteiger partial charge in [-0.3, -0.25) is 4.79 Å². The zero-order valence-electron chi connectivity index (χ0n) is 15.4. The van der Waals surface area contributed by atoms with Crippen molar-refractivity contribution in [3.63, 3.8) is 0 Å². The lowest BCUT2D eigenvalue weighted by Gasteiger charge is -2.36. The van der Waals surface area contributed by atoms with Crippen molar-refractivity contribution in [2.45, 2.75) is 52.1 Å². The molecule has 5 nitrogen and oxygen atoms in total. The SMILES string of the molecule is Cc1cc2cc(C(=O)N3CCCC[C@H]3CCn3ccnc3C)ccc2o1. The first-order chi connectivity index (χ1) is 12.6. The molecule has 3 aromatic rings. The van der Waals surface area contributed by atoms with Gasteiger partial charge in [0.15, 0.2) is 0 Å². The van der Waals surface area contributed by atoms with E-state index in [9.17, 15) is 4.79 Å². The van der Waals surface area contributed by atoms with Gasteiger partial charge in [0.05, 0.1) is 0 Å². The highest BCUT2D eigenvalue weighted by Gasteiger charge is 2.27. The van der Waals surface area contributed by atoms with Gasteiger partial charge in [-0.15, -0.1) is 0 Å². The predicted octanol–water partition coefficient (Wildman–Crippen LogP) is 4.33. The Balaban J connectivity index is 1.52. The van der Waals surface area contributed by atoms with Crippen LogP contribution in [0.15, 0.2) is 41.1 Å². The number of fused-ring (bicyclic) bond motifs is 1. The maximum atomic E-state index is 13.2. The predicted molar refractivity (Wildman–Crippen MR) is 101 cm³/mol. The molecule has 2 aromatic heterocycles. The monoisotopic (exact) mass is 351 g/mol. The topological polar surface area (TPSA) is 51.3 Å². The van der Waals surface area contributed by atoms with Crippen molar-refractivity contribution in [1.82, 2.24) is 14.5 Å². The summed E-state index contributed by atoms with van der Waals surface area (Å²) in [5.74, 6) is 2.04. The van der Waals surface area contributed by atoms with Crippen molar-refractivity contribution in [3.8, 4) is 0 Å². The molecule has 136 valence electrons. The number of amides is 1. The number of imidazole rings is 1. The van der Waals surface area contributed by atoms with Gasteiger partial charge in [0, 0.05) is 42.5 Å². The van der Waals surface area contributed by atoms with Crippen LogP contribution < -0.4 is 0 Å². The molecule has 0 aliphatic carbocycles. The number of hydrogen-bond donors (Lipinski definition) is 0. The Morgan fingerprint density at radius 3 is 2.96 bits per heavy atom. The summed E-state index contributed by atoms with van der Waals surface area (Å²) in [6, 6.07) is 8.03. The first kappa shape index (κ1) is 16.9. The zero-order valence-corrected chi connectivity index (χ0v) is 15.4. The molecule has 1 amide bonds. The van der Waals surface area contributed by atoms with Crippen LogP contribution in [-0.2, 0) is 6.54 Å². The third-order valence-electron chi connectivity index (χ3n) is 5.40. The van der Waals surface area contributed by atoms with Crippen LogP contribution in [0.2, 0.25) is 0 Å². The van der Waals surface area contributed by atoms with Gasteiger partial charge in [-0.25, -0.2) is 4.98 Å². The van der Waals surface area contributed by atoms with E-state index in [0.29, 0.717) is 6.04 Å². The second kappa shape index (κ2) is 6.98. The van der Waals surface area contributed by atoms with E-state index in [1.165, 1.54) is 6.42 Å². The largest absolute Gasteiger partial charge is 0.461 e. The molecule has 3 heterocycles. The summed E-state index contributed by atoms with van der Waals surface area (Å²) in [4.78, 5) is 19.5. The molecule has 4 rings (SSSR count). The maximum absolute atomic E-state index is 13.2. The summed E-state index contributed by atoms with van der Waals surface area (Å²) >= 11 is 0. The quantitative estimate of drug-likeness (QED) is 0.703. The second-order valence-electron chi connectivity index (χ2n) is 7.21. The molecule has 0 saturated carbocycles. The molecule has 1 aromatic carbocycles. The van der Waals surface area contributed by atoms with Gasteiger partial charge in [-0.2, -0.15) is 0 Å². The van der Waals surface area contributed by atoms with Gasteiger partial charge in [0.2, 0.25) is 0 Å². The number of nitrogens with zero attached hydrogens (tertiary/aromatic N) is 3. The van der Waals surface area contributed by atoms with E-state index in [1.807, 2.05) is 50.5 Å². The molecule has 1 atom stereocenters. The van der Waals surface area contributed by atoms with Gasteiger partial charge >= 0.3 is 0 Å². The average molecular weight is 351 g/mol. The molecule has 5 heteroatoms. The zero-order chi connectivity index (χ0) is 18.1. The molecule has 1 saturated heterocycles. The molecule has 0 unspecified atom stereocenters. The minimum atomic E-state index is 0.137. The fourth-order valence-electron chi connectivity index (χ4n) is 3.97. The van der Waals surface area contributed by atoms with E-state index >= 15 is 0 Å². The lowest BCUT2D eigenvalue weighted by atomic mass is 9.98. The second-order valence-corrected chi connectivity index (χ2v) is 7.21. The van der Waals surface area contributed by atoms with Crippen LogP contribution in [0.1, 0.15) is 47.6 Å². The van der Waals surface area contributed by atoms with E-state index in [0.717, 1.165) is 60.5 Å². The number of piperidine rings is 1. The number of carbonyl (C=O) groups is 1. The first-order valence-electron chi connectivity index (χ1n) is 9.41. The van der Waals surface area contributed by atoms with Gasteiger partial charge in [0.1, 0.15) is 17.2 Å². The molecule has 0 bridgehead atoms. The van der Waals surface area contributed by atoms with Gasteiger partial charge in [0.25, 0.3) is 5.91 Å². The smallest absolute Gasteiger partial charge is 0.254 e. The molecule has 1 aliphatic rings. The molecule has 1 fully saturated rings. The normalized spacial score (nSPS) is 17.8. The Kier molecular flexibility index (Phi) is 4.53.